The number of hydrogen-bond donors (Lipinski definition) is 1. The van der Waals surface area contributed by atoms with Crippen LogP contribution in [0.15, 0.2) is 36.4 Å². The summed E-state index contributed by atoms with van der Waals surface area (Å²) in [6.07, 6.45) is 1.21. The molecule has 0 saturated heterocycles. The molecule has 0 unspecified atom stereocenters. The smallest absolute Gasteiger partial charge is 0.150 e. The predicted molar refractivity (Wildman–Crippen MR) is 81.9 cm³/mol. The first-order chi connectivity index (χ1) is 9.51. The lowest BCUT2D eigenvalue weighted by atomic mass is 10.0. The molecule has 0 aliphatic heterocycles. The molecule has 1 N–H and O–H groups in total. The van der Waals surface area contributed by atoms with E-state index in [0.29, 0.717) is 6.54 Å². The van der Waals surface area contributed by atoms with Crippen molar-refractivity contribution in [2.75, 3.05) is 25.7 Å². The van der Waals surface area contributed by atoms with Crippen molar-refractivity contribution >= 4 is 20.6 Å². The second kappa shape index (κ2) is 6.24. The lowest BCUT2D eigenvalue weighted by molar-refractivity contribution is 0.337. The van der Waals surface area contributed by atoms with Gasteiger partial charge in [0.2, 0.25) is 0 Å². The highest BCUT2D eigenvalue weighted by atomic mass is 32.2. The Morgan fingerprint density at radius 2 is 1.90 bits per heavy atom. The molecule has 2 aromatic carbocycles. The van der Waals surface area contributed by atoms with E-state index in [4.69, 9.17) is 4.74 Å². The molecular formula is C15H19NO3S. The van der Waals surface area contributed by atoms with E-state index in [1.807, 2.05) is 37.4 Å². The molecule has 0 fully saturated rings. The Labute approximate surface area is 119 Å². The predicted octanol–water partition coefficient (Wildman–Crippen LogP) is 1.98. The van der Waals surface area contributed by atoms with E-state index in [0.717, 1.165) is 22.1 Å². The van der Waals surface area contributed by atoms with Crippen molar-refractivity contribution in [1.29, 1.82) is 0 Å². The van der Waals surface area contributed by atoms with Crippen LogP contribution in [0.4, 0.5) is 0 Å². The summed E-state index contributed by atoms with van der Waals surface area (Å²) >= 11 is 0. The minimum atomic E-state index is -3.00. The summed E-state index contributed by atoms with van der Waals surface area (Å²) in [5.74, 6) is 0.764. The highest BCUT2D eigenvalue weighted by Gasteiger charge is 2.09. The van der Waals surface area contributed by atoms with E-state index >= 15 is 0 Å². The average Bonchev–Trinajstić information content (AvgIpc) is 2.40. The standard InChI is InChI=1S/C15H19NO3S/c1-16-11-14-13-6-4-3-5-12(13)7-8-15(14)19-9-10-20(2,17)18/h3-8,16H,9-11H2,1-2H3. The summed E-state index contributed by atoms with van der Waals surface area (Å²) in [7, 11) is -1.13. The lowest BCUT2D eigenvalue weighted by Crippen LogP contribution is -2.14. The van der Waals surface area contributed by atoms with Gasteiger partial charge in [0.05, 0.1) is 5.75 Å². The maximum atomic E-state index is 11.2. The molecule has 0 saturated carbocycles. The van der Waals surface area contributed by atoms with Crippen LogP contribution in [-0.4, -0.2) is 34.1 Å². The van der Waals surface area contributed by atoms with Crippen LogP contribution in [0.25, 0.3) is 10.8 Å². The van der Waals surface area contributed by atoms with Crippen LogP contribution >= 0.6 is 0 Å². The lowest BCUT2D eigenvalue weighted by Gasteiger charge is -2.14. The zero-order valence-electron chi connectivity index (χ0n) is 11.7. The van der Waals surface area contributed by atoms with Crippen molar-refractivity contribution < 1.29 is 13.2 Å². The topological polar surface area (TPSA) is 55.4 Å². The fourth-order valence-electron chi connectivity index (χ4n) is 2.11. The van der Waals surface area contributed by atoms with Gasteiger partial charge >= 0.3 is 0 Å². The first kappa shape index (κ1) is 14.8. The van der Waals surface area contributed by atoms with Gasteiger partial charge in [-0.25, -0.2) is 8.42 Å². The Bertz CT molecular complexity index is 695. The largest absolute Gasteiger partial charge is 0.492 e. The van der Waals surface area contributed by atoms with Crippen molar-refractivity contribution in [3.05, 3.63) is 42.0 Å². The van der Waals surface area contributed by atoms with Gasteiger partial charge in [-0.15, -0.1) is 0 Å². The van der Waals surface area contributed by atoms with Crippen LogP contribution < -0.4 is 10.1 Å². The third-order valence-corrected chi connectivity index (χ3v) is 3.97. The van der Waals surface area contributed by atoms with Gasteiger partial charge in [-0.3, -0.25) is 0 Å². The van der Waals surface area contributed by atoms with E-state index in [1.165, 1.54) is 6.26 Å². The fourth-order valence-corrected chi connectivity index (χ4v) is 2.50. The average molecular weight is 293 g/mol. The van der Waals surface area contributed by atoms with Gasteiger partial charge in [0.1, 0.15) is 12.4 Å². The van der Waals surface area contributed by atoms with Crippen molar-refractivity contribution in [2.24, 2.45) is 0 Å². The van der Waals surface area contributed by atoms with Crippen LogP contribution in [-0.2, 0) is 16.4 Å². The highest BCUT2D eigenvalue weighted by molar-refractivity contribution is 7.90. The molecule has 2 rings (SSSR count). The highest BCUT2D eigenvalue weighted by Crippen LogP contribution is 2.28. The SMILES string of the molecule is CNCc1c(OCCS(C)(=O)=O)ccc2ccccc12. The van der Waals surface area contributed by atoms with Gasteiger partial charge in [-0.1, -0.05) is 30.3 Å². The maximum Gasteiger partial charge on any atom is 0.150 e. The van der Waals surface area contributed by atoms with Gasteiger partial charge in [-0.2, -0.15) is 0 Å². The summed E-state index contributed by atoms with van der Waals surface area (Å²) in [5, 5.41) is 5.40. The molecule has 108 valence electrons. The molecule has 2 aromatic rings. The van der Waals surface area contributed by atoms with Gasteiger partial charge in [0.25, 0.3) is 0 Å². The summed E-state index contributed by atoms with van der Waals surface area (Å²) in [4.78, 5) is 0. The van der Waals surface area contributed by atoms with Gasteiger partial charge in [0.15, 0.2) is 9.84 Å². The fraction of sp³-hybridized carbons (Fsp3) is 0.333. The summed E-state index contributed by atoms with van der Waals surface area (Å²) in [6, 6.07) is 12.0. The van der Waals surface area contributed by atoms with E-state index in [-0.39, 0.29) is 12.4 Å². The molecule has 0 heterocycles. The molecule has 0 aliphatic carbocycles. The second-order valence-electron chi connectivity index (χ2n) is 4.77. The van der Waals surface area contributed by atoms with E-state index in [1.54, 1.807) is 0 Å². The van der Waals surface area contributed by atoms with Crippen molar-refractivity contribution in [3.63, 3.8) is 0 Å². The number of hydrogen-bond acceptors (Lipinski definition) is 4. The number of nitrogens with one attached hydrogen (secondary N) is 1. The van der Waals surface area contributed by atoms with Gasteiger partial charge in [0, 0.05) is 18.4 Å². The third kappa shape index (κ3) is 3.71. The Kier molecular flexibility index (Phi) is 4.62. The monoisotopic (exact) mass is 293 g/mol. The third-order valence-electron chi connectivity index (χ3n) is 3.06. The van der Waals surface area contributed by atoms with Gasteiger partial charge < -0.3 is 10.1 Å². The number of ether oxygens (including phenoxy) is 1. The molecule has 0 atom stereocenters. The number of fused-ring (bicyclic) bond motifs is 1. The first-order valence-corrected chi connectivity index (χ1v) is 8.53. The molecule has 20 heavy (non-hydrogen) atoms. The molecule has 5 heteroatoms. The number of sulfone groups is 1. The van der Waals surface area contributed by atoms with E-state index < -0.39 is 9.84 Å². The van der Waals surface area contributed by atoms with Gasteiger partial charge in [-0.05, 0) is 23.9 Å². The van der Waals surface area contributed by atoms with Crippen molar-refractivity contribution in [3.8, 4) is 5.75 Å². The van der Waals surface area contributed by atoms with Crippen LogP contribution in [0.5, 0.6) is 5.75 Å². The summed E-state index contributed by atoms with van der Waals surface area (Å²) in [6.45, 7) is 0.851. The molecular weight excluding hydrogens is 274 g/mol. The Morgan fingerprint density at radius 3 is 2.60 bits per heavy atom. The molecule has 0 spiro atoms. The summed E-state index contributed by atoms with van der Waals surface area (Å²) < 4.78 is 28.0. The first-order valence-electron chi connectivity index (χ1n) is 6.47. The van der Waals surface area contributed by atoms with Crippen LogP contribution in [0.2, 0.25) is 0 Å². The molecule has 0 bridgehead atoms. The van der Waals surface area contributed by atoms with E-state index in [2.05, 4.69) is 11.4 Å². The summed E-state index contributed by atoms with van der Waals surface area (Å²) in [5.41, 5.74) is 1.05. The van der Waals surface area contributed by atoms with E-state index in [9.17, 15) is 8.42 Å². The minimum Gasteiger partial charge on any atom is -0.492 e. The van der Waals surface area contributed by atoms with Crippen LogP contribution in [0.1, 0.15) is 5.56 Å². The molecule has 0 aliphatic rings. The van der Waals surface area contributed by atoms with Crippen LogP contribution in [0, 0.1) is 0 Å². The minimum absolute atomic E-state index is 0.0266. The Morgan fingerprint density at radius 1 is 1.15 bits per heavy atom. The maximum absolute atomic E-state index is 11.2. The van der Waals surface area contributed by atoms with Crippen LogP contribution in [0.3, 0.4) is 0 Å². The van der Waals surface area contributed by atoms with Crippen molar-refractivity contribution in [2.45, 2.75) is 6.54 Å². The second-order valence-corrected chi connectivity index (χ2v) is 7.03. The van der Waals surface area contributed by atoms with Crippen molar-refractivity contribution in [1.82, 2.24) is 5.32 Å². The zero-order chi connectivity index (χ0) is 14.6. The Balaban J connectivity index is 2.30. The molecule has 0 radical (unpaired) electrons. The molecule has 0 amide bonds. The number of benzene rings is 2. The normalized spacial score (nSPS) is 11.7. The molecule has 4 nitrogen and oxygen atoms in total. The Hall–Kier alpha value is -1.59. The zero-order valence-corrected chi connectivity index (χ0v) is 12.5. The number of rotatable bonds is 6. The molecule has 0 aromatic heterocycles. The quantitative estimate of drug-likeness (QED) is 0.885.